The van der Waals surface area contributed by atoms with Gasteiger partial charge in [-0.2, -0.15) is 0 Å². The molecule has 0 radical (unpaired) electrons. The van der Waals surface area contributed by atoms with Crippen LogP contribution in [0.2, 0.25) is 0 Å². The SMILES string of the molecule is CC(=O)OC1CC2C(C)(C)OC3CC(=O)OC32CC2(O)CC(=O)C34OC(C5C=C(C)C(=O)O5)C(C)C3CC3OC34C12. The lowest BCUT2D eigenvalue weighted by molar-refractivity contribution is -0.224. The summed E-state index contributed by atoms with van der Waals surface area (Å²) in [5.41, 5.74) is -5.74. The molecule has 4 saturated heterocycles. The largest absolute Gasteiger partial charge is 0.462 e. The van der Waals surface area contributed by atoms with E-state index in [1.165, 1.54) is 6.92 Å². The van der Waals surface area contributed by atoms with Crippen LogP contribution in [0.25, 0.3) is 0 Å². The Labute approximate surface area is 237 Å². The summed E-state index contributed by atoms with van der Waals surface area (Å²) < 4.78 is 37.3. The molecular weight excluding hydrogens is 536 g/mol. The van der Waals surface area contributed by atoms with E-state index < -0.39 is 82.2 Å². The second kappa shape index (κ2) is 7.59. The average molecular weight is 573 g/mol. The molecule has 5 heterocycles. The number of Topliss-reactive ketones (excluding diaryl/α,β-unsaturated/α-hetero) is 1. The summed E-state index contributed by atoms with van der Waals surface area (Å²) in [7, 11) is 0. The molecule has 5 aliphatic heterocycles. The van der Waals surface area contributed by atoms with E-state index in [4.69, 9.17) is 28.4 Å². The Kier molecular flexibility index (Phi) is 4.87. The lowest BCUT2D eigenvalue weighted by atomic mass is 9.56. The second-order valence-corrected chi connectivity index (χ2v) is 14.3. The maximum absolute atomic E-state index is 14.5. The van der Waals surface area contributed by atoms with E-state index in [9.17, 15) is 24.3 Å². The predicted molar refractivity (Wildman–Crippen MR) is 135 cm³/mol. The first kappa shape index (κ1) is 26.3. The molecule has 0 amide bonds. The van der Waals surface area contributed by atoms with Crippen LogP contribution in [0.5, 0.6) is 0 Å². The normalized spacial score (nSPS) is 55.4. The fourth-order valence-corrected chi connectivity index (χ4v) is 10.6. The van der Waals surface area contributed by atoms with Crippen molar-refractivity contribution in [1.82, 2.24) is 0 Å². The van der Waals surface area contributed by atoms with Gasteiger partial charge in [-0.3, -0.25) is 14.4 Å². The monoisotopic (exact) mass is 572 g/mol. The Morgan fingerprint density at radius 1 is 1.10 bits per heavy atom. The summed E-state index contributed by atoms with van der Waals surface area (Å²) in [5.74, 6) is -3.19. The highest BCUT2D eigenvalue weighted by Gasteiger charge is 2.92. The second-order valence-electron chi connectivity index (χ2n) is 14.3. The number of hydrogen-bond acceptors (Lipinski definition) is 11. The minimum atomic E-state index is -1.71. The smallest absolute Gasteiger partial charge is 0.334 e. The topological polar surface area (TPSA) is 147 Å². The van der Waals surface area contributed by atoms with Gasteiger partial charge >= 0.3 is 17.9 Å². The Bertz CT molecular complexity index is 1340. The molecule has 8 rings (SSSR count). The van der Waals surface area contributed by atoms with Gasteiger partial charge in [0.05, 0.1) is 29.6 Å². The number of esters is 3. The van der Waals surface area contributed by atoms with Gasteiger partial charge in [0.2, 0.25) is 0 Å². The molecule has 222 valence electrons. The van der Waals surface area contributed by atoms with Crippen molar-refractivity contribution in [2.24, 2.45) is 23.7 Å². The first-order valence-electron chi connectivity index (χ1n) is 14.8. The summed E-state index contributed by atoms with van der Waals surface area (Å²) in [5, 5.41) is 12.7. The van der Waals surface area contributed by atoms with Gasteiger partial charge in [0, 0.05) is 37.2 Å². The third kappa shape index (κ3) is 2.94. The molecule has 13 unspecified atom stereocenters. The van der Waals surface area contributed by atoms with Crippen LogP contribution in [0, 0.1) is 23.7 Å². The van der Waals surface area contributed by atoms with E-state index in [0.717, 1.165) is 0 Å². The van der Waals surface area contributed by atoms with Crippen molar-refractivity contribution >= 4 is 23.7 Å². The van der Waals surface area contributed by atoms with Crippen molar-refractivity contribution in [2.75, 3.05) is 0 Å². The molecule has 1 N–H and O–H groups in total. The summed E-state index contributed by atoms with van der Waals surface area (Å²) in [6.45, 7) is 8.87. The van der Waals surface area contributed by atoms with Gasteiger partial charge in [0.15, 0.2) is 11.4 Å². The summed E-state index contributed by atoms with van der Waals surface area (Å²) in [6.07, 6.45) is -0.725. The molecular formula is C30H36O11. The Morgan fingerprint density at radius 3 is 2.54 bits per heavy atom. The van der Waals surface area contributed by atoms with Gasteiger partial charge in [-0.25, -0.2) is 4.79 Å². The van der Waals surface area contributed by atoms with Crippen LogP contribution in [0.4, 0.5) is 0 Å². The van der Waals surface area contributed by atoms with Crippen LogP contribution in [0.15, 0.2) is 11.6 Å². The Morgan fingerprint density at radius 2 is 1.85 bits per heavy atom. The summed E-state index contributed by atoms with van der Waals surface area (Å²) in [6, 6.07) is 0. The van der Waals surface area contributed by atoms with Crippen LogP contribution in [0.3, 0.4) is 0 Å². The molecule has 0 aromatic rings. The van der Waals surface area contributed by atoms with Gasteiger partial charge in [0.25, 0.3) is 0 Å². The maximum atomic E-state index is 14.5. The van der Waals surface area contributed by atoms with Crippen LogP contribution >= 0.6 is 0 Å². The van der Waals surface area contributed by atoms with Gasteiger partial charge in [-0.15, -0.1) is 0 Å². The summed E-state index contributed by atoms with van der Waals surface area (Å²) >= 11 is 0. The zero-order chi connectivity index (χ0) is 29.1. The van der Waals surface area contributed by atoms with Gasteiger partial charge in [-0.1, -0.05) is 6.92 Å². The van der Waals surface area contributed by atoms with E-state index in [1.54, 1.807) is 13.0 Å². The first-order chi connectivity index (χ1) is 19.2. The predicted octanol–water partition coefficient (Wildman–Crippen LogP) is 1.31. The van der Waals surface area contributed by atoms with Crippen LogP contribution < -0.4 is 0 Å². The number of fused-ring (bicyclic) bond motifs is 1. The van der Waals surface area contributed by atoms with E-state index in [-0.39, 0.29) is 49.4 Å². The fourth-order valence-electron chi connectivity index (χ4n) is 10.6. The highest BCUT2D eigenvalue weighted by Crippen LogP contribution is 2.75. The molecule has 41 heavy (non-hydrogen) atoms. The number of hydrogen-bond donors (Lipinski definition) is 1. The number of cyclic esters (lactones) is 1. The number of ether oxygens (including phenoxy) is 6. The van der Waals surface area contributed by atoms with Crippen molar-refractivity contribution in [3.05, 3.63) is 11.6 Å². The maximum Gasteiger partial charge on any atom is 0.334 e. The zero-order valence-corrected chi connectivity index (χ0v) is 23.8. The molecule has 0 aromatic heterocycles. The molecule has 13 atom stereocenters. The van der Waals surface area contributed by atoms with Crippen LogP contribution in [-0.4, -0.2) is 87.3 Å². The molecule has 0 bridgehead atoms. The molecule has 11 nitrogen and oxygen atoms in total. The number of epoxide rings is 1. The van der Waals surface area contributed by atoms with E-state index in [2.05, 4.69) is 0 Å². The number of aliphatic hydroxyl groups is 1. The van der Waals surface area contributed by atoms with Crippen molar-refractivity contribution in [3.8, 4) is 0 Å². The quantitative estimate of drug-likeness (QED) is 0.290. The summed E-state index contributed by atoms with van der Waals surface area (Å²) in [4.78, 5) is 51.9. The first-order valence-corrected chi connectivity index (χ1v) is 14.8. The van der Waals surface area contributed by atoms with Crippen molar-refractivity contribution in [2.45, 2.75) is 125 Å². The molecule has 3 aliphatic carbocycles. The van der Waals surface area contributed by atoms with E-state index >= 15 is 0 Å². The highest BCUT2D eigenvalue weighted by molar-refractivity contribution is 5.94. The van der Waals surface area contributed by atoms with Crippen LogP contribution in [-0.2, 0) is 47.6 Å². The number of ketones is 1. The lowest BCUT2D eigenvalue weighted by Crippen LogP contribution is -2.71. The van der Waals surface area contributed by atoms with Crippen molar-refractivity contribution < 1.29 is 52.7 Å². The van der Waals surface area contributed by atoms with E-state index in [0.29, 0.717) is 12.0 Å². The molecule has 7 fully saturated rings. The van der Waals surface area contributed by atoms with Gasteiger partial charge in [0.1, 0.15) is 35.6 Å². The highest BCUT2D eigenvalue weighted by atomic mass is 16.7. The van der Waals surface area contributed by atoms with Gasteiger partial charge < -0.3 is 33.5 Å². The minimum Gasteiger partial charge on any atom is -0.462 e. The molecule has 0 aromatic carbocycles. The number of carbonyl (C=O) groups excluding carboxylic acids is 4. The molecule has 8 aliphatic rings. The Hall–Kier alpha value is -2.34. The third-order valence-electron chi connectivity index (χ3n) is 11.8. The number of rotatable bonds is 2. The van der Waals surface area contributed by atoms with Crippen LogP contribution in [0.1, 0.15) is 66.7 Å². The van der Waals surface area contributed by atoms with Crippen molar-refractivity contribution in [1.29, 1.82) is 0 Å². The Balaban J connectivity index is 1.26. The lowest BCUT2D eigenvalue weighted by Gasteiger charge is -2.53. The zero-order valence-electron chi connectivity index (χ0n) is 23.8. The average Bonchev–Trinajstić information content (AvgIpc) is 3.02. The molecule has 3 spiro atoms. The molecule has 3 saturated carbocycles. The van der Waals surface area contributed by atoms with Gasteiger partial charge in [-0.05, 0) is 45.6 Å². The molecule has 11 heteroatoms. The van der Waals surface area contributed by atoms with Crippen molar-refractivity contribution in [3.63, 3.8) is 0 Å². The fraction of sp³-hybridized carbons (Fsp3) is 0.800. The third-order valence-corrected chi connectivity index (χ3v) is 11.8. The minimum absolute atomic E-state index is 0.0294. The number of carbonyl (C=O) groups is 4. The van der Waals surface area contributed by atoms with E-state index in [1.807, 2.05) is 20.8 Å². The standard InChI is InChI=1S/C30H36O11/c1-12-6-16(37-25(12)34)23-13(2)15-7-21-30(39-21)24-17(36-14(3)31)8-18-26(4,5)38-20-9-22(33)40-28(18,20)11-27(24,35)10-19(32)29(15,30)41-23/h6,13,15-18,20-21,23-24,35H,7-11H2,1-5H3.